The lowest BCUT2D eigenvalue weighted by atomic mass is 10.1. The fourth-order valence-electron chi connectivity index (χ4n) is 2.68. The van der Waals surface area contributed by atoms with E-state index in [4.69, 9.17) is 4.74 Å². The number of methoxy groups -OCH3 is 1. The molecular formula is C18H25NO4. The number of amides is 1. The number of hydrogen-bond acceptors (Lipinski definition) is 4. The summed E-state index contributed by atoms with van der Waals surface area (Å²) < 4.78 is 10.5. The Bertz CT molecular complexity index is 518. The van der Waals surface area contributed by atoms with Crippen LogP contribution in [0, 0.1) is 6.92 Å². The van der Waals surface area contributed by atoms with Crippen molar-refractivity contribution in [3.05, 3.63) is 29.8 Å². The van der Waals surface area contributed by atoms with Crippen LogP contribution in [0.5, 0.6) is 5.75 Å². The normalized spacial score (nSPS) is 15.3. The molecule has 2 rings (SSSR count). The molecule has 0 unspecified atom stereocenters. The van der Waals surface area contributed by atoms with Crippen molar-refractivity contribution >= 4 is 11.9 Å². The van der Waals surface area contributed by atoms with E-state index < -0.39 is 0 Å². The molecule has 5 heteroatoms. The number of hydrogen-bond donors (Lipinski definition) is 0. The number of piperidine rings is 1. The average molecular weight is 319 g/mol. The quantitative estimate of drug-likeness (QED) is 0.757. The van der Waals surface area contributed by atoms with Gasteiger partial charge in [0.15, 0.2) is 0 Å². The van der Waals surface area contributed by atoms with Crippen molar-refractivity contribution < 1.29 is 19.1 Å². The number of esters is 1. The molecule has 1 heterocycles. The number of carbonyl (C=O) groups excluding carboxylic acids is 2. The molecule has 23 heavy (non-hydrogen) atoms. The first-order chi connectivity index (χ1) is 11.1. The number of nitrogens with zero attached hydrogens (tertiary/aromatic N) is 1. The van der Waals surface area contributed by atoms with Crippen molar-refractivity contribution in [3.8, 4) is 5.75 Å². The summed E-state index contributed by atoms with van der Waals surface area (Å²) in [6, 6.07) is 8.05. The van der Waals surface area contributed by atoms with E-state index in [0.717, 1.165) is 18.6 Å². The van der Waals surface area contributed by atoms with E-state index in [1.165, 1.54) is 12.7 Å². The van der Waals surface area contributed by atoms with Crippen LogP contribution >= 0.6 is 0 Å². The van der Waals surface area contributed by atoms with Crippen molar-refractivity contribution in [1.29, 1.82) is 0 Å². The molecule has 1 aromatic rings. The average Bonchev–Trinajstić information content (AvgIpc) is 2.57. The summed E-state index contributed by atoms with van der Waals surface area (Å²) in [7, 11) is 1.36. The van der Waals surface area contributed by atoms with Crippen molar-refractivity contribution in [2.45, 2.75) is 45.1 Å². The Morgan fingerprint density at radius 3 is 2.39 bits per heavy atom. The fraction of sp³-hybridized carbons (Fsp3) is 0.556. The van der Waals surface area contributed by atoms with Crippen molar-refractivity contribution in [2.24, 2.45) is 0 Å². The maximum Gasteiger partial charge on any atom is 0.305 e. The van der Waals surface area contributed by atoms with Gasteiger partial charge in [0.1, 0.15) is 11.9 Å². The Balaban J connectivity index is 1.69. The first-order valence-corrected chi connectivity index (χ1v) is 8.16. The number of aryl methyl sites for hydroxylation is 1. The number of carbonyl (C=O) groups is 2. The molecule has 5 nitrogen and oxygen atoms in total. The SMILES string of the molecule is COC(=O)CCCC(=O)N1CCC(Oc2ccc(C)cc2)CC1. The summed E-state index contributed by atoms with van der Waals surface area (Å²) in [6.45, 7) is 3.48. The van der Waals surface area contributed by atoms with Crippen LogP contribution in [0.15, 0.2) is 24.3 Å². The van der Waals surface area contributed by atoms with Gasteiger partial charge in [-0.3, -0.25) is 9.59 Å². The molecule has 0 atom stereocenters. The highest BCUT2D eigenvalue weighted by molar-refractivity contribution is 5.77. The third-order valence-corrected chi connectivity index (χ3v) is 4.12. The summed E-state index contributed by atoms with van der Waals surface area (Å²) in [5.41, 5.74) is 1.21. The van der Waals surface area contributed by atoms with Crippen LogP contribution in [-0.4, -0.2) is 43.1 Å². The van der Waals surface area contributed by atoms with Crippen LogP contribution in [0.1, 0.15) is 37.7 Å². The lowest BCUT2D eigenvalue weighted by Crippen LogP contribution is -2.41. The molecule has 1 fully saturated rings. The van der Waals surface area contributed by atoms with Gasteiger partial charge in [-0.05, 0) is 25.5 Å². The second kappa shape index (κ2) is 8.56. The lowest BCUT2D eigenvalue weighted by Gasteiger charge is -2.32. The number of rotatable bonds is 6. The molecule has 0 bridgehead atoms. The van der Waals surface area contributed by atoms with E-state index in [-0.39, 0.29) is 18.0 Å². The van der Waals surface area contributed by atoms with Crippen LogP contribution in [-0.2, 0) is 14.3 Å². The highest BCUT2D eigenvalue weighted by atomic mass is 16.5. The summed E-state index contributed by atoms with van der Waals surface area (Å²) in [5.74, 6) is 0.740. The minimum Gasteiger partial charge on any atom is -0.490 e. The summed E-state index contributed by atoms with van der Waals surface area (Å²) >= 11 is 0. The Labute approximate surface area is 137 Å². The van der Waals surface area contributed by atoms with E-state index in [1.54, 1.807) is 0 Å². The topological polar surface area (TPSA) is 55.8 Å². The predicted octanol–water partition coefficient (Wildman–Crippen LogP) is 2.71. The van der Waals surface area contributed by atoms with Gasteiger partial charge in [-0.15, -0.1) is 0 Å². The zero-order chi connectivity index (χ0) is 16.7. The van der Waals surface area contributed by atoms with Gasteiger partial charge in [0.25, 0.3) is 0 Å². The van der Waals surface area contributed by atoms with Gasteiger partial charge in [-0.2, -0.15) is 0 Å². The lowest BCUT2D eigenvalue weighted by molar-refractivity contribution is -0.141. The maximum absolute atomic E-state index is 12.1. The summed E-state index contributed by atoms with van der Waals surface area (Å²) in [5, 5.41) is 0. The van der Waals surface area contributed by atoms with E-state index >= 15 is 0 Å². The third-order valence-electron chi connectivity index (χ3n) is 4.12. The molecule has 0 aliphatic carbocycles. The molecule has 126 valence electrons. The van der Waals surface area contributed by atoms with Crippen molar-refractivity contribution in [3.63, 3.8) is 0 Å². The molecule has 0 spiro atoms. The Kier molecular flexibility index (Phi) is 6.44. The van der Waals surface area contributed by atoms with Gasteiger partial charge >= 0.3 is 5.97 Å². The smallest absolute Gasteiger partial charge is 0.305 e. The van der Waals surface area contributed by atoms with Gasteiger partial charge < -0.3 is 14.4 Å². The summed E-state index contributed by atoms with van der Waals surface area (Å²) in [6.07, 6.45) is 3.10. The monoisotopic (exact) mass is 319 g/mol. The number of ether oxygens (including phenoxy) is 2. The van der Waals surface area contributed by atoms with Crippen molar-refractivity contribution in [1.82, 2.24) is 4.90 Å². The standard InChI is InChI=1S/C18H25NO4/c1-14-6-8-15(9-7-14)23-16-10-12-19(13-11-16)17(20)4-3-5-18(21)22-2/h6-9,16H,3-5,10-13H2,1-2H3. The largest absolute Gasteiger partial charge is 0.490 e. The Morgan fingerprint density at radius 1 is 1.13 bits per heavy atom. The molecular weight excluding hydrogens is 294 g/mol. The molecule has 1 aliphatic rings. The first-order valence-electron chi connectivity index (χ1n) is 8.16. The van der Waals surface area contributed by atoms with E-state index in [2.05, 4.69) is 4.74 Å². The van der Waals surface area contributed by atoms with E-state index in [9.17, 15) is 9.59 Å². The second-order valence-corrected chi connectivity index (χ2v) is 5.94. The second-order valence-electron chi connectivity index (χ2n) is 5.94. The van der Waals surface area contributed by atoms with Crippen molar-refractivity contribution in [2.75, 3.05) is 20.2 Å². The molecule has 1 aromatic carbocycles. The highest BCUT2D eigenvalue weighted by Crippen LogP contribution is 2.20. The number of likely N-dealkylation sites (tertiary alicyclic amines) is 1. The van der Waals surface area contributed by atoms with Gasteiger partial charge in [0.2, 0.25) is 5.91 Å². The first kappa shape index (κ1) is 17.3. The molecule has 0 N–H and O–H groups in total. The maximum atomic E-state index is 12.1. The minimum atomic E-state index is -0.261. The molecule has 1 saturated heterocycles. The van der Waals surface area contributed by atoms with Gasteiger partial charge in [-0.25, -0.2) is 0 Å². The van der Waals surface area contributed by atoms with Crippen LogP contribution < -0.4 is 4.74 Å². The van der Waals surface area contributed by atoms with Crippen LogP contribution in [0.25, 0.3) is 0 Å². The van der Waals surface area contributed by atoms with Gasteiger partial charge in [0, 0.05) is 38.8 Å². The van der Waals surface area contributed by atoms with Gasteiger partial charge in [-0.1, -0.05) is 17.7 Å². The fourth-order valence-corrected chi connectivity index (χ4v) is 2.68. The van der Waals surface area contributed by atoms with Crippen LogP contribution in [0.4, 0.5) is 0 Å². The van der Waals surface area contributed by atoms with Crippen LogP contribution in [0.2, 0.25) is 0 Å². The molecule has 0 radical (unpaired) electrons. The third kappa shape index (κ3) is 5.58. The Morgan fingerprint density at radius 2 is 1.78 bits per heavy atom. The predicted molar refractivity (Wildman–Crippen MR) is 87.3 cm³/mol. The zero-order valence-electron chi connectivity index (χ0n) is 13.9. The van der Waals surface area contributed by atoms with E-state index in [0.29, 0.717) is 32.4 Å². The zero-order valence-corrected chi connectivity index (χ0v) is 13.9. The molecule has 1 aliphatic heterocycles. The molecule has 0 aromatic heterocycles. The van der Waals surface area contributed by atoms with E-state index in [1.807, 2.05) is 36.1 Å². The molecule has 1 amide bonds. The minimum absolute atomic E-state index is 0.114. The van der Waals surface area contributed by atoms with Gasteiger partial charge in [0.05, 0.1) is 7.11 Å². The van der Waals surface area contributed by atoms with Crippen LogP contribution in [0.3, 0.4) is 0 Å². The number of benzene rings is 1. The Hall–Kier alpha value is -2.04. The highest BCUT2D eigenvalue weighted by Gasteiger charge is 2.23. The summed E-state index contributed by atoms with van der Waals surface area (Å²) in [4.78, 5) is 25.0. The molecule has 0 saturated carbocycles.